The van der Waals surface area contributed by atoms with Gasteiger partial charge in [-0.2, -0.15) is 0 Å². The highest BCUT2D eigenvalue weighted by atomic mass is 16.5. The monoisotopic (exact) mass is 201 g/mol. The second-order valence-electron chi connectivity index (χ2n) is 3.76. The van der Waals surface area contributed by atoms with E-state index >= 15 is 0 Å². The maximum absolute atomic E-state index is 11.1. The highest BCUT2D eigenvalue weighted by Crippen LogP contribution is 1.97. The number of esters is 1. The molecule has 0 aliphatic heterocycles. The largest absolute Gasteiger partial charge is 0.463 e. The lowest BCUT2D eigenvalue weighted by molar-refractivity contribution is -0.148. The second-order valence-corrected chi connectivity index (χ2v) is 3.76. The van der Waals surface area contributed by atoms with E-state index in [4.69, 9.17) is 4.74 Å². The minimum Gasteiger partial charge on any atom is -0.463 e. The lowest BCUT2D eigenvalue weighted by atomic mass is 10.2. The molecule has 0 fully saturated rings. The van der Waals surface area contributed by atoms with Crippen molar-refractivity contribution < 1.29 is 14.3 Å². The molecule has 4 nitrogen and oxygen atoms in total. The van der Waals surface area contributed by atoms with E-state index < -0.39 is 0 Å². The standard InChI is InChI=1S/C10H19NO3/c1-7(2)11-9(12)5-6-10(13)14-8(3)4/h7-8H,5-6H2,1-4H3,(H,11,12). The van der Waals surface area contributed by atoms with Gasteiger partial charge < -0.3 is 10.1 Å². The summed E-state index contributed by atoms with van der Waals surface area (Å²) in [7, 11) is 0. The zero-order valence-electron chi connectivity index (χ0n) is 9.29. The van der Waals surface area contributed by atoms with Crippen LogP contribution in [0.1, 0.15) is 40.5 Å². The van der Waals surface area contributed by atoms with Crippen molar-refractivity contribution in [2.75, 3.05) is 0 Å². The van der Waals surface area contributed by atoms with Gasteiger partial charge in [-0.1, -0.05) is 0 Å². The summed E-state index contributed by atoms with van der Waals surface area (Å²) in [5, 5.41) is 2.70. The third kappa shape index (κ3) is 7.58. The van der Waals surface area contributed by atoms with Crippen molar-refractivity contribution in [1.82, 2.24) is 5.32 Å². The fourth-order valence-electron chi connectivity index (χ4n) is 0.932. The molecular weight excluding hydrogens is 182 g/mol. The third-order valence-electron chi connectivity index (χ3n) is 1.37. The van der Waals surface area contributed by atoms with E-state index in [0.29, 0.717) is 0 Å². The van der Waals surface area contributed by atoms with Gasteiger partial charge in [0, 0.05) is 12.5 Å². The minimum atomic E-state index is -0.320. The average Bonchev–Trinajstić information content (AvgIpc) is 1.98. The highest BCUT2D eigenvalue weighted by Gasteiger charge is 2.09. The van der Waals surface area contributed by atoms with Crippen LogP contribution in [0.15, 0.2) is 0 Å². The van der Waals surface area contributed by atoms with Gasteiger partial charge in [0.25, 0.3) is 0 Å². The number of hydrogen-bond acceptors (Lipinski definition) is 3. The predicted molar refractivity (Wildman–Crippen MR) is 53.7 cm³/mol. The van der Waals surface area contributed by atoms with Crippen molar-refractivity contribution in [2.45, 2.75) is 52.7 Å². The summed E-state index contributed by atoms with van der Waals surface area (Å²) in [6.45, 7) is 7.33. The van der Waals surface area contributed by atoms with Crippen LogP contribution in [0.3, 0.4) is 0 Å². The average molecular weight is 201 g/mol. The molecule has 0 saturated heterocycles. The van der Waals surface area contributed by atoms with E-state index in [-0.39, 0.29) is 36.9 Å². The van der Waals surface area contributed by atoms with Crippen LogP contribution < -0.4 is 5.32 Å². The predicted octanol–water partition coefficient (Wildman–Crippen LogP) is 1.24. The molecule has 4 heteroatoms. The molecule has 1 N–H and O–H groups in total. The summed E-state index contributed by atoms with van der Waals surface area (Å²) < 4.78 is 4.89. The summed E-state index contributed by atoms with van der Waals surface area (Å²) in [5.41, 5.74) is 0. The Morgan fingerprint density at radius 2 is 1.71 bits per heavy atom. The third-order valence-corrected chi connectivity index (χ3v) is 1.37. The lowest BCUT2D eigenvalue weighted by Gasteiger charge is -2.09. The van der Waals surface area contributed by atoms with Crippen LogP contribution in [0.2, 0.25) is 0 Å². The summed E-state index contributed by atoms with van der Waals surface area (Å²) in [6, 6.07) is 0.114. The number of carbonyl (C=O) groups excluding carboxylic acids is 2. The maximum atomic E-state index is 11.1. The molecule has 0 saturated carbocycles. The van der Waals surface area contributed by atoms with Crippen LogP contribution in [0.4, 0.5) is 0 Å². The number of carbonyl (C=O) groups is 2. The van der Waals surface area contributed by atoms with Crippen molar-refractivity contribution in [3.8, 4) is 0 Å². The molecule has 0 aromatic rings. The molecular formula is C10H19NO3. The van der Waals surface area contributed by atoms with Crippen LogP contribution in [0, 0.1) is 0 Å². The number of hydrogen-bond donors (Lipinski definition) is 1. The lowest BCUT2D eigenvalue weighted by Crippen LogP contribution is -2.30. The normalized spacial score (nSPS) is 10.4. The zero-order valence-corrected chi connectivity index (χ0v) is 9.29. The van der Waals surface area contributed by atoms with Gasteiger partial charge in [-0.3, -0.25) is 9.59 Å². The van der Waals surface area contributed by atoms with Gasteiger partial charge in [-0.05, 0) is 27.7 Å². The minimum absolute atomic E-state index is 0.110. The van der Waals surface area contributed by atoms with Crippen LogP contribution in [0.25, 0.3) is 0 Å². The van der Waals surface area contributed by atoms with E-state index in [9.17, 15) is 9.59 Å². The molecule has 0 spiro atoms. The Kier molecular flexibility index (Phi) is 5.92. The molecule has 0 bridgehead atoms. The van der Waals surface area contributed by atoms with Gasteiger partial charge in [-0.25, -0.2) is 0 Å². The second kappa shape index (κ2) is 6.40. The molecule has 0 aliphatic rings. The van der Waals surface area contributed by atoms with Gasteiger partial charge >= 0.3 is 5.97 Å². The molecule has 0 radical (unpaired) electrons. The summed E-state index contributed by atoms with van der Waals surface area (Å²) in [5.74, 6) is -0.431. The SMILES string of the molecule is CC(C)NC(=O)CCC(=O)OC(C)C. The Morgan fingerprint density at radius 1 is 1.14 bits per heavy atom. The van der Waals surface area contributed by atoms with Gasteiger partial charge in [-0.15, -0.1) is 0 Å². The van der Waals surface area contributed by atoms with E-state index in [1.807, 2.05) is 13.8 Å². The first-order chi connectivity index (χ1) is 6.41. The van der Waals surface area contributed by atoms with Crippen LogP contribution in [0.5, 0.6) is 0 Å². The Morgan fingerprint density at radius 3 is 2.14 bits per heavy atom. The van der Waals surface area contributed by atoms with Gasteiger partial charge in [0.15, 0.2) is 0 Å². The quantitative estimate of drug-likeness (QED) is 0.681. The number of rotatable bonds is 5. The number of amides is 1. The molecule has 0 heterocycles. The molecule has 0 aromatic carbocycles. The molecule has 0 unspecified atom stereocenters. The van der Waals surface area contributed by atoms with Crippen molar-refractivity contribution in [2.24, 2.45) is 0 Å². The number of ether oxygens (including phenoxy) is 1. The van der Waals surface area contributed by atoms with Crippen LogP contribution >= 0.6 is 0 Å². The van der Waals surface area contributed by atoms with E-state index in [0.717, 1.165) is 0 Å². The molecule has 1 amide bonds. The fraction of sp³-hybridized carbons (Fsp3) is 0.800. The topological polar surface area (TPSA) is 55.4 Å². The first-order valence-corrected chi connectivity index (χ1v) is 4.90. The molecule has 0 aromatic heterocycles. The Bertz CT molecular complexity index is 178. The smallest absolute Gasteiger partial charge is 0.306 e. The van der Waals surface area contributed by atoms with E-state index in [1.54, 1.807) is 13.8 Å². The first-order valence-electron chi connectivity index (χ1n) is 4.90. The fourth-order valence-corrected chi connectivity index (χ4v) is 0.932. The maximum Gasteiger partial charge on any atom is 0.306 e. The van der Waals surface area contributed by atoms with Crippen LogP contribution in [-0.2, 0) is 14.3 Å². The number of nitrogens with one attached hydrogen (secondary N) is 1. The van der Waals surface area contributed by atoms with Crippen molar-refractivity contribution >= 4 is 11.9 Å². The van der Waals surface area contributed by atoms with Gasteiger partial charge in [0.1, 0.15) is 0 Å². The molecule has 0 atom stereocenters. The molecule has 0 aliphatic carbocycles. The molecule has 82 valence electrons. The summed E-state index contributed by atoms with van der Waals surface area (Å²) in [4.78, 5) is 22.2. The first kappa shape index (κ1) is 12.9. The molecule has 14 heavy (non-hydrogen) atoms. The summed E-state index contributed by atoms with van der Waals surface area (Å²) in [6.07, 6.45) is 0.233. The molecule has 0 rings (SSSR count). The van der Waals surface area contributed by atoms with Gasteiger partial charge in [0.2, 0.25) is 5.91 Å². The van der Waals surface area contributed by atoms with Crippen LogP contribution in [-0.4, -0.2) is 24.0 Å². The van der Waals surface area contributed by atoms with Gasteiger partial charge in [0.05, 0.1) is 12.5 Å². The van der Waals surface area contributed by atoms with Crippen molar-refractivity contribution in [3.05, 3.63) is 0 Å². The highest BCUT2D eigenvalue weighted by molar-refractivity contribution is 5.81. The Labute approximate surface area is 85.0 Å². The summed E-state index contributed by atoms with van der Waals surface area (Å²) >= 11 is 0. The van der Waals surface area contributed by atoms with Crippen molar-refractivity contribution in [1.29, 1.82) is 0 Å². The zero-order chi connectivity index (χ0) is 11.1. The van der Waals surface area contributed by atoms with Crippen molar-refractivity contribution in [3.63, 3.8) is 0 Å². The van der Waals surface area contributed by atoms with E-state index in [2.05, 4.69) is 5.32 Å². The Balaban J connectivity index is 3.61. The van der Waals surface area contributed by atoms with E-state index in [1.165, 1.54) is 0 Å². The Hall–Kier alpha value is -1.06.